The maximum Gasteiger partial charge on any atom is 0.235 e. The number of allylic oxidation sites excluding steroid dienone is 3. The number of benzene rings is 11. The summed E-state index contributed by atoms with van der Waals surface area (Å²) in [7, 11) is 0. The molecule has 5 aromatic heterocycles. The normalized spacial score (nSPS) is 12.9. The van der Waals surface area contributed by atoms with Crippen LogP contribution in [-0.4, -0.2) is 27.2 Å². The maximum atomic E-state index is 5.86. The molecule has 16 aromatic rings. The van der Waals surface area contributed by atoms with Gasteiger partial charge in [-0.3, -0.25) is 4.57 Å². The average Bonchev–Trinajstić information content (AvgIpc) is 4.45. The van der Waals surface area contributed by atoms with Crippen molar-refractivity contribution in [3.8, 4) is 39.7 Å². The molecule has 0 amide bonds. The molecule has 0 aliphatic carbocycles. The van der Waals surface area contributed by atoms with Crippen LogP contribution in [0.2, 0.25) is 0 Å². The van der Waals surface area contributed by atoms with E-state index in [1.54, 1.807) is 0 Å². The highest BCUT2D eigenvalue weighted by atomic mass is 127. The molecule has 11 aromatic carbocycles. The monoisotopic (exact) mass is 1120 g/mol. The fourth-order valence-electron chi connectivity index (χ4n) is 12.7. The first kappa shape index (κ1) is 43.9. The van der Waals surface area contributed by atoms with Gasteiger partial charge in [0.2, 0.25) is 5.95 Å². The van der Waals surface area contributed by atoms with E-state index < -0.39 is 0 Å². The molecule has 0 fully saturated rings. The summed E-state index contributed by atoms with van der Waals surface area (Å²) in [5.74, 6) is 0.641. The highest BCUT2D eigenvalue weighted by Gasteiger charge is 2.25. The number of thiophene rings is 1. The third-order valence-corrected chi connectivity index (χ3v) is 19.9. The molecule has 17 rings (SSSR count). The van der Waals surface area contributed by atoms with Crippen LogP contribution in [0.15, 0.2) is 253 Å². The fourth-order valence-corrected chi connectivity index (χ4v) is 16.1. The van der Waals surface area contributed by atoms with Crippen molar-refractivity contribution < 1.29 is 0 Å². The quantitative estimate of drug-likeness (QED) is 0.156. The van der Waals surface area contributed by atoms with Gasteiger partial charge in [0.25, 0.3) is 0 Å². The van der Waals surface area contributed by atoms with Crippen LogP contribution in [0.3, 0.4) is 0 Å². The molecule has 0 N–H and O–H groups in total. The number of aromatic nitrogens is 5. The first-order chi connectivity index (χ1) is 38.7. The fraction of sp³-hybridized carbons (Fsp3) is 0. The van der Waals surface area contributed by atoms with Gasteiger partial charge in [-0.1, -0.05) is 185 Å². The summed E-state index contributed by atoms with van der Waals surface area (Å²) in [5.41, 5.74) is 14.3. The second kappa shape index (κ2) is 17.1. The van der Waals surface area contributed by atoms with Gasteiger partial charge in [-0.25, -0.2) is 9.97 Å². The average molecular weight is 1120 g/mol. The zero-order valence-corrected chi connectivity index (χ0v) is 44.7. The van der Waals surface area contributed by atoms with Crippen LogP contribution in [-0.2, 0) is 0 Å². The number of nitrogens with zero attached hydrogens (tertiary/aromatic N) is 5. The SMILES string of the molecule is C1=CI=C(c2cc3ccc4nc(-n5c6ccc(-c7cccc8c9c%10ccccc%10ccc9n(-c9ccccc9)c78)cc6c6c7ccccc7ccc65)nc(-c5ccc6c(c5)c5ccccc5n6-c5ccccc5)c4c3s2)C=C1. The van der Waals surface area contributed by atoms with E-state index in [2.05, 4.69) is 267 Å². The van der Waals surface area contributed by atoms with Crippen LogP contribution in [0, 0.1) is 0 Å². The van der Waals surface area contributed by atoms with Crippen LogP contribution in [0.4, 0.5) is 0 Å². The minimum absolute atomic E-state index is 0.228. The molecule has 1 aliphatic rings. The first-order valence-electron chi connectivity index (χ1n) is 26.3. The number of para-hydroxylation sites is 4. The van der Waals surface area contributed by atoms with E-state index in [0.29, 0.717) is 5.95 Å². The smallest absolute Gasteiger partial charge is 0.235 e. The lowest BCUT2D eigenvalue weighted by molar-refractivity contribution is 1.01. The third-order valence-electron chi connectivity index (χ3n) is 16.0. The zero-order chi connectivity index (χ0) is 51.0. The summed E-state index contributed by atoms with van der Waals surface area (Å²) in [6.45, 7) is 0. The molecule has 7 heteroatoms. The lowest BCUT2D eigenvalue weighted by Gasteiger charge is -2.14. The second-order valence-electron chi connectivity index (χ2n) is 20.2. The molecular formula is C71H42IN5S. The van der Waals surface area contributed by atoms with E-state index in [1.165, 1.54) is 89.1 Å². The van der Waals surface area contributed by atoms with Crippen LogP contribution in [0.25, 0.3) is 148 Å². The Labute approximate surface area is 461 Å². The minimum Gasteiger partial charge on any atom is -0.309 e. The number of hydrogen-bond donors (Lipinski definition) is 0. The Morgan fingerprint density at radius 1 is 0.385 bits per heavy atom. The summed E-state index contributed by atoms with van der Waals surface area (Å²) in [4.78, 5) is 12.8. The predicted molar refractivity (Wildman–Crippen MR) is 340 cm³/mol. The van der Waals surface area contributed by atoms with Crippen molar-refractivity contribution >= 4 is 144 Å². The number of fused-ring (bicyclic) bond motifs is 16. The molecule has 5 nitrogen and oxygen atoms in total. The molecule has 0 atom stereocenters. The molecule has 0 unspecified atom stereocenters. The van der Waals surface area contributed by atoms with Crippen molar-refractivity contribution in [1.29, 1.82) is 0 Å². The largest absolute Gasteiger partial charge is 0.309 e. The van der Waals surface area contributed by atoms with E-state index in [-0.39, 0.29) is 20.7 Å². The maximum absolute atomic E-state index is 5.86. The van der Waals surface area contributed by atoms with Crippen molar-refractivity contribution in [2.45, 2.75) is 0 Å². The van der Waals surface area contributed by atoms with Crippen molar-refractivity contribution in [3.05, 3.63) is 258 Å². The molecule has 1 aliphatic heterocycles. The van der Waals surface area contributed by atoms with Crippen molar-refractivity contribution in [3.63, 3.8) is 0 Å². The lowest BCUT2D eigenvalue weighted by atomic mass is 9.97. The summed E-state index contributed by atoms with van der Waals surface area (Å²) in [6.07, 6.45) is 6.66. The first-order valence-corrected chi connectivity index (χ1v) is 29.5. The molecular weight excluding hydrogens is 1080 g/mol. The van der Waals surface area contributed by atoms with E-state index in [1.807, 2.05) is 11.3 Å². The molecule has 0 bridgehead atoms. The highest BCUT2D eigenvalue weighted by molar-refractivity contribution is 14.2. The molecule has 78 heavy (non-hydrogen) atoms. The van der Waals surface area contributed by atoms with E-state index in [0.717, 1.165) is 61.0 Å². The Morgan fingerprint density at radius 3 is 1.74 bits per heavy atom. The van der Waals surface area contributed by atoms with Crippen LogP contribution >= 0.6 is 32.1 Å². The molecule has 364 valence electrons. The van der Waals surface area contributed by atoms with Crippen molar-refractivity contribution in [1.82, 2.24) is 23.7 Å². The van der Waals surface area contributed by atoms with Gasteiger partial charge in [0.05, 0.1) is 44.3 Å². The Morgan fingerprint density at radius 2 is 0.987 bits per heavy atom. The molecule has 0 saturated heterocycles. The number of halogens is 1. The van der Waals surface area contributed by atoms with Gasteiger partial charge in [0.1, 0.15) is 0 Å². The Hall–Kier alpha value is -9.28. The van der Waals surface area contributed by atoms with Gasteiger partial charge in [0.15, 0.2) is 0 Å². The molecule has 6 heterocycles. The highest BCUT2D eigenvalue weighted by Crippen LogP contribution is 2.46. The van der Waals surface area contributed by atoms with Gasteiger partial charge in [0, 0.05) is 73.3 Å². The van der Waals surface area contributed by atoms with Gasteiger partial charge in [-0.05, 0) is 122 Å². The Kier molecular flexibility index (Phi) is 9.63. The summed E-state index contributed by atoms with van der Waals surface area (Å²) < 4.78 is 12.2. The van der Waals surface area contributed by atoms with Crippen molar-refractivity contribution in [2.75, 3.05) is 0 Å². The third kappa shape index (κ3) is 6.49. The van der Waals surface area contributed by atoms with E-state index in [4.69, 9.17) is 9.97 Å². The minimum atomic E-state index is -0.228. The van der Waals surface area contributed by atoms with E-state index in [9.17, 15) is 0 Å². The van der Waals surface area contributed by atoms with Gasteiger partial charge >= 0.3 is 0 Å². The van der Waals surface area contributed by atoms with Gasteiger partial charge in [-0.15, -0.1) is 11.3 Å². The zero-order valence-electron chi connectivity index (χ0n) is 41.8. The van der Waals surface area contributed by atoms with Crippen LogP contribution < -0.4 is 0 Å². The topological polar surface area (TPSA) is 40.6 Å². The van der Waals surface area contributed by atoms with Crippen LogP contribution in [0.1, 0.15) is 4.88 Å². The standard InChI is InChI=1S/C71H42IN5S/c1-3-18-48(19-4-1)75-59-28-12-11-24-53(59)55-41-46(33-36-60(55)75)68-67-58(34-29-47-42-64(78-70(47)67)57-27-13-14-39-72-57)73-71(74-68)77-61-35-32-45(40-56(61)66-51-23-10-8-17-44(51)31-38-63(66)77)52-25-15-26-54-65-50-22-9-7-16-43(50)30-37-62(65)76(69(52)54)49-20-5-2-6-21-49/h1-42H. The lowest BCUT2D eigenvalue weighted by Crippen LogP contribution is -2.03. The number of hydrogen-bond acceptors (Lipinski definition) is 3. The summed E-state index contributed by atoms with van der Waals surface area (Å²) >= 11 is 1.65. The summed E-state index contributed by atoms with van der Waals surface area (Å²) in [6, 6.07) is 84.6. The van der Waals surface area contributed by atoms with Crippen molar-refractivity contribution in [2.24, 2.45) is 0 Å². The summed E-state index contributed by atoms with van der Waals surface area (Å²) in [5, 5.41) is 14.4. The second-order valence-corrected chi connectivity index (χ2v) is 23.8. The van der Waals surface area contributed by atoms with Gasteiger partial charge in [-0.2, -0.15) is 0 Å². The molecule has 0 saturated carbocycles. The Balaban J connectivity index is 0.944. The Bertz CT molecular complexity index is 5320. The van der Waals surface area contributed by atoms with Gasteiger partial charge < -0.3 is 9.13 Å². The van der Waals surface area contributed by atoms with E-state index >= 15 is 0 Å². The predicted octanol–water partition coefficient (Wildman–Crippen LogP) is 19.4. The van der Waals surface area contributed by atoms with Crippen LogP contribution in [0.5, 0.6) is 0 Å². The number of rotatable bonds is 6. The molecule has 0 spiro atoms. The molecule has 0 radical (unpaired) electrons.